The van der Waals surface area contributed by atoms with E-state index in [9.17, 15) is 4.79 Å². The number of aromatic nitrogens is 2. The molecule has 0 aliphatic carbocycles. The third-order valence-electron chi connectivity index (χ3n) is 2.92. The fraction of sp³-hybridized carbons (Fsp3) is 0.286. The van der Waals surface area contributed by atoms with Crippen LogP contribution in [-0.2, 0) is 6.42 Å². The monoisotopic (exact) mass is 369 g/mol. The summed E-state index contributed by atoms with van der Waals surface area (Å²) in [5, 5.41) is 9.60. The van der Waals surface area contributed by atoms with Gasteiger partial charge < -0.3 is 5.32 Å². The number of amides is 1. The van der Waals surface area contributed by atoms with Crippen molar-refractivity contribution in [3.8, 4) is 0 Å². The van der Waals surface area contributed by atoms with E-state index >= 15 is 0 Å². The van der Waals surface area contributed by atoms with Crippen LogP contribution in [0.2, 0.25) is 0 Å². The number of benzene rings is 1. The Hall–Kier alpha value is -1.37. The van der Waals surface area contributed by atoms with E-state index in [-0.39, 0.29) is 5.91 Å². The predicted octanol–water partition coefficient (Wildman–Crippen LogP) is 2.69. The second-order valence-electron chi connectivity index (χ2n) is 4.43. The van der Waals surface area contributed by atoms with Crippen molar-refractivity contribution in [3.63, 3.8) is 0 Å². The van der Waals surface area contributed by atoms with Crippen LogP contribution in [-0.4, -0.2) is 22.6 Å². The average Bonchev–Trinajstić information content (AvgIpc) is 2.91. The number of aromatic amines is 1. The zero-order chi connectivity index (χ0) is 13.7. The molecule has 1 heterocycles. The quantitative estimate of drug-likeness (QED) is 0.629. The van der Waals surface area contributed by atoms with Crippen molar-refractivity contribution in [3.05, 3.63) is 50.9 Å². The predicted molar refractivity (Wildman–Crippen MR) is 83.1 cm³/mol. The molecular weight excluding hydrogens is 353 g/mol. The number of hydrogen-bond acceptors (Lipinski definition) is 2. The fourth-order valence-corrected chi connectivity index (χ4v) is 2.26. The molecule has 0 unspecified atom stereocenters. The summed E-state index contributed by atoms with van der Waals surface area (Å²) in [6, 6.07) is 5.76. The lowest BCUT2D eigenvalue weighted by Gasteiger charge is -2.06. The Morgan fingerprint density at radius 3 is 3.00 bits per heavy atom. The van der Waals surface area contributed by atoms with Crippen LogP contribution in [0.5, 0.6) is 0 Å². The number of hydrogen-bond donors (Lipinski definition) is 2. The Balaban J connectivity index is 1.79. The molecule has 1 aromatic carbocycles. The molecule has 19 heavy (non-hydrogen) atoms. The third kappa shape index (κ3) is 4.05. The maximum atomic E-state index is 11.9. The number of H-pyrrole nitrogens is 1. The topological polar surface area (TPSA) is 57.8 Å². The molecule has 0 bridgehead atoms. The summed E-state index contributed by atoms with van der Waals surface area (Å²) in [7, 11) is 0. The van der Waals surface area contributed by atoms with E-state index in [1.165, 1.54) is 11.1 Å². The first-order valence-electron chi connectivity index (χ1n) is 6.19. The molecule has 2 rings (SSSR count). The van der Waals surface area contributed by atoms with Crippen LogP contribution in [0.15, 0.2) is 30.6 Å². The van der Waals surface area contributed by atoms with Crippen LogP contribution in [0, 0.1) is 10.5 Å². The lowest BCUT2D eigenvalue weighted by Crippen LogP contribution is -2.24. The number of carbonyl (C=O) groups excluding carboxylic acids is 1. The minimum atomic E-state index is -0.00916. The lowest BCUT2D eigenvalue weighted by molar-refractivity contribution is 0.0953. The number of nitrogens with zero attached hydrogens (tertiary/aromatic N) is 1. The van der Waals surface area contributed by atoms with Gasteiger partial charge >= 0.3 is 0 Å². The van der Waals surface area contributed by atoms with Crippen molar-refractivity contribution < 1.29 is 4.79 Å². The van der Waals surface area contributed by atoms with E-state index in [1.807, 2.05) is 37.5 Å². The van der Waals surface area contributed by atoms with Gasteiger partial charge in [0.15, 0.2) is 0 Å². The van der Waals surface area contributed by atoms with Crippen LogP contribution in [0.4, 0.5) is 0 Å². The van der Waals surface area contributed by atoms with Crippen molar-refractivity contribution in [2.24, 2.45) is 0 Å². The number of nitrogens with one attached hydrogen (secondary N) is 2. The SMILES string of the molecule is Cc1ccc(C(=O)NCCCc2cn[nH]c2)cc1I. The normalized spacial score (nSPS) is 10.4. The van der Waals surface area contributed by atoms with Gasteiger partial charge in [-0.1, -0.05) is 6.07 Å². The zero-order valence-electron chi connectivity index (χ0n) is 10.7. The molecule has 0 fully saturated rings. The maximum Gasteiger partial charge on any atom is 0.251 e. The molecule has 5 heteroatoms. The van der Waals surface area contributed by atoms with Gasteiger partial charge in [0.1, 0.15) is 0 Å². The highest BCUT2D eigenvalue weighted by atomic mass is 127. The summed E-state index contributed by atoms with van der Waals surface area (Å²) in [5.74, 6) is -0.00916. The summed E-state index contributed by atoms with van der Waals surface area (Å²) in [4.78, 5) is 11.9. The zero-order valence-corrected chi connectivity index (χ0v) is 12.9. The third-order valence-corrected chi connectivity index (χ3v) is 4.08. The lowest BCUT2D eigenvalue weighted by atomic mass is 10.1. The van der Waals surface area contributed by atoms with Crippen molar-refractivity contribution >= 4 is 28.5 Å². The van der Waals surface area contributed by atoms with Gasteiger partial charge in [-0.25, -0.2) is 0 Å². The first-order valence-corrected chi connectivity index (χ1v) is 7.26. The molecule has 0 atom stereocenters. The van der Waals surface area contributed by atoms with E-state index in [0.717, 1.165) is 22.0 Å². The minimum absolute atomic E-state index is 0.00916. The molecule has 1 amide bonds. The summed E-state index contributed by atoms with van der Waals surface area (Å²) in [6.45, 7) is 2.71. The Kier molecular flexibility index (Phi) is 4.95. The van der Waals surface area contributed by atoms with Gasteiger partial charge in [0.2, 0.25) is 0 Å². The van der Waals surface area contributed by atoms with E-state index in [4.69, 9.17) is 0 Å². The second kappa shape index (κ2) is 6.70. The summed E-state index contributed by atoms with van der Waals surface area (Å²) < 4.78 is 1.11. The van der Waals surface area contributed by atoms with Crippen LogP contribution < -0.4 is 5.32 Å². The molecule has 0 aliphatic rings. The van der Waals surface area contributed by atoms with E-state index < -0.39 is 0 Å². The van der Waals surface area contributed by atoms with Crippen LogP contribution >= 0.6 is 22.6 Å². The highest BCUT2D eigenvalue weighted by Gasteiger charge is 2.06. The van der Waals surface area contributed by atoms with Crippen molar-refractivity contribution in [1.29, 1.82) is 0 Å². The summed E-state index contributed by atoms with van der Waals surface area (Å²) in [6.07, 6.45) is 5.52. The van der Waals surface area contributed by atoms with E-state index in [1.54, 1.807) is 0 Å². The minimum Gasteiger partial charge on any atom is -0.352 e. The Labute approximate surface area is 126 Å². The molecule has 4 nitrogen and oxygen atoms in total. The molecule has 0 saturated carbocycles. The van der Waals surface area contributed by atoms with Crippen LogP contribution in [0.3, 0.4) is 0 Å². The molecule has 2 N–H and O–H groups in total. The Morgan fingerprint density at radius 2 is 2.32 bits per heavy atom. The van der Waals surface area contributed by atoms with Gasteiger partial charge in [-0.15, -0.1) is 0 Å². The van der Waals surface area contributed by atoms with Gasteiger partial charge in [0.25, 0.3) is 5.91 Å². The second-order valence-corrected chi connectivity index (χ2v) is 5.59. The smallest absolute Gasteiger partial charge is 0.251 e. The molecule has 0 radical (unpaired) electrons. The molecule has 0 saturated heterocycles. The van der Waals surface area contributed by atoms with Crippen molar-refractivity contribution in [1.82, 2.24) is 15.5 Å². The largest absolute Gasteiger partial charge is 0.352 e. The fourth-order valence-electron chi connectivity index (χ4n) is 1.74. The van der Waals surface area contributed by atoms with Gasteiger partial charge in [-0.2, -0.15) is 5.10 Å². The van der Waals surface area contributed by atoms with E-state index in [0.29, 0.717) is 6.54 Å². The van der Waals surface area contributed by atoms with Gasteiger partial charge in [-0.3, -0.25) is 9.89 Å². The molecule has 0 spiro atoms. The van der Waals surface area contributed by atoms with Crippen molar-refractivity contribution in [2.75, 3.05) is 6.54 Å². The first-order chi connectivity index (χ1) is 9.16. The molecule has 1 aromatic heterocycles. The highest BCUT2D eigenvalue weighted by Crippen LogP contribution is 2.13. The Morgan fingerprint density at radius 1 is 1.47 bits per heavy atom. The summed E-state index contributed by atoms with van der Waals surface area (Å²) >= 11 is 2.24. The standard InChI is InChI=1S/C14H16IN3O/c1-10-4-5-12(7-13(10)15)14(19)16-6-2-3-11-8-17-18-9-11/h4-5,7-9H,2-3,6H2,1H3,(H,16,19)(H,17,18). The molecule has 2 aromatic rings. The number of carbonyl (C=O) groups is 1. The maximum absolute atomic E-state index is 11.9. The Bertz CT molecular complexity index is 552. The first kappa shape index (κ1) is 14.0. The number of halogens is 1. The molecule has 0 aliphatic heterocycles. The average molecular weight is 369 g/mol. The summed E-state index contributed by atoms with van der Waals surface area (Å²) in [5.41, 5.74) is 3.08. The molecule has 100 valence electrons. The van der Waals surface area contributed by atoms with Gasteiger partial charge in [-0.05, 0) is 65.6 Å². The highest BCUT2D eigenvalue weighted by molar-refractivity contribution is 14.1. The van der Waals surface area contributed by atoms with Gasteiger partial charge in [0, 0.05) is 21.9 Å². The molecular formula is C14H16IN3O. The van der Waals surface area contributed by atoms with E-state index in [2.05, 4.69) is 38.1 Å². The number of aryl methyl sites for hydroxylation is 2. The van der Waals surface area contributed by atoms with Gasteiger partial charge in [0.05, 0.1) is 6.20 Å². The van der Waals surface area contributed by atoms with Crippen LogP contribution in [0.1, 0.15) is 27.9 Å². The van der Waals surface area contributed by atoms with Crippen LogP contribution in [0.25, 0.3) is 0 Å². The van der Waals surface area contributed by atoms with Crippen molar-refractivity contribution in [2.45, 2.75) is 19.8 Å². The number of rotatable bonds is 5.